The second-order valence-corrected chi connectivity index (χ2v) is 10.9. The lowest BCUT2D eigenvalue weighted by atomic mass is 10.0. The zero-order valence-electron chi connectivity index (χ0n) is 22.5. The van der Waals surface area contributed by atoms with Gasteiger partial charge in [-0.2, -0.15) is 0 Å². The van der Waals surface area contributed by atoms with Gasteiger partial charge in [-0.15, -0.1) is 0 Å². The Kier molecular flexibility index (Phi) is 8.40. The van der Waals surface area contributed by atoms with Crippen LogP contribution in [-0.4, -0.2) is 52.0 Å². The van der Waals surface area contributed by atoms with Crippen LogP contribution in [-0.2, 0) is 20.8 Å². The predicted octanol–water partition coefficient (Wildman–Crippen LogP) is 4.89. The lowest BCUT2D eigenvalue weighted by Gasteiger charge is -2.25. The molecule has 2 aliphatic rings. The van der Waals surface area contributed by atoms with Crippen LogP contribution in [0.4, 0.5) is 11.4 Å². The highest BCUT2D eigenvalue weighted by Crippen LogP contribution is 2.34. The molecule has 2 heterocycles. The molecular weight excluding hydrogens is 522 g/mol. The van der Waals surface area contributed by atoms with E-state index in [4.69, 9.17) is 0 Å². The molecule has 2 N–H and O–H groups in total. The number of benzene rings is 3. The number of rotatable bonds is 9. The van der Waals surface area contributed by atoms with E-state index in [9.17, 15) is 14.4 Å². The molecule has 0 bridgehead atoms. The number of fused-ring (bicyclic) bond motifs is 3. The molecule has 0 radical (unpaired) electrons. The van der Waals surface area contributed by atoms with Gasteiger partial charge in [-0.25, -0.2) is 9.89 Å². The predicted molar refractivity (Wildman–Crippen MR) is 160 cm³/mol. The number of nitrogens with one attached hydrogen (secondary N) is 2. The summed E-state index contributed by atoms with van der Waals surface area (Å²) in [4.78, 5) is 49.6. The first kappa shape index (κ1) is 27.3. The summed E-state index contributed by atoms with van der Waals surface area (Å²) >= 11 is 1.17. The minimum absolute atomic E-state index is 0.0550. The average molecular weight is 554 g/mol. The summed E-state index contributed by atoms with van der Waals surface area (Å²) < 4.78 is 0. The summed E-state index contributed by atoms with van der Waals surface area (Å²) in [5, 5.41) is 6.17. The largest absolute Gasteiger partial charge is 0.356 e. The molecule has 204 valence electrons. The van der Waals surface area contributed by atoms with Crippen molar-refractivity contribution in [2.45, 2.75) is 38.6 Å². The molecule has 5 rings (SSSR count). The first-order valence-electron chi connectivity index (χ1n) is 13.3. The summed E-state index contributed by atoms with van der Waals surface area (Å²) in [6.07, 6.45) is 0.650. The number of para-hydroxylation sites is 1. The lowest BCUT2D eigenvalue weighted by molar-refractivity contribution is -0.128. The van der Waals surface area contributed by atoms with Crippen LogP contribution < -0.4 is 10.6 Å². The van der Waals surface area contributed by atoms with Gasteiger partial charge in [0.25, 0.3) is 5.91 Å². The van der Waals surface area contributed by atoms with Gasteiger partial charge in [0.1, 0.15) is 11.9 Å². The van der Waals surface area contributed by atoms with Crippen molar-refractivity contribution in [3.05, 3.63) is 95.6 Å². The van der Waals surface area contributed by atoms with Gasteiger partial charge in [0.2, 0.25) is 11.8 Å². The minimum atomic E-state index is -0.850. The van der Waals surface area contributed by atoms with E-state index in [0.717, 1.165) is 11.1 Å². The number of thioether (sulfide) groups is 1. The van der Waals surface area contributed by atoms with Crippen LogP contribution in [0.1, 0.15) is 42.9 Å². The van der Waals surface area contributed by atoms with E-state index in [0.29, 0.717) is 41.3 Å². The highest BCUT2D eigenvalue weighted by Gasteiger charge is 2.42. The molecule has 2 aliphatic heterocycles. The number of amidine groups is 2. The third-order valence-electron chi connectivity index (χ3n) is 6.70. The van der Waals surface area contributed by atoms with E-state index in [1.54, 1.807) is 0 Å². The highest BCUT2D eigenvalue weighted by atomic mass is 32.2. The maximum absolute atomic E-state index is 13.4. The van der Waals surface area contributed by atoms with Crippen molar-refractivity contribution in [1.29, 1.82) is 0 Å². The van der Waals surface area contributed by atoms with Crippen LogP contribution in [0.2, 0.25) is 0 Å². The number of amides is 3. The number of carbonyl (C=O) groups is 3. The number of nitrogens with zero attached hydrogens (tertiary/aromatic N) is 3. The molecule has 0 unspecified atom stereocenters. The van der Waals surface area contributed by atoms with E-state index in [-0.39, 0.29) is 29.9 Å². The van der Waals surface area contributed by atoms with Crippen molar-refractivity contribution in [1.82, 2.24) is 10.2 Å². The van der Waals surface area contributed by atoms with E-state index < -0.39 is 6.04 Å². The Hall–Kier alpha value is -4.24. The summed E-state index contributed by atoms with van der Waals surface area (Å²) in [5.74, 6) is 0.174. The Morgan fingerprint density at radius 3 is 2.42 bits per heavy atom. The standard InChI is InChI=1S/C31H31N5O3S/c1-20(2)22-12-14-23(15-13-22)33-28(38)19-40-31-35-25-11-7-6-10-24(25)29-34-26(30(39)36(29)31)18-27(37)32-17-16-21-8-4-3-5-9-21/h3-15,20,26H,16-19H2,1-2H3,(H,32,37)(H,33,38)/t26-/m0/s1. The zero-order chi connectivity index (χ0) is 28.1. The number of hydrogen-bond acceptors (Lipinski definition) is 6. The number of aliphatic imine (C=N–C) groups is 2. The maximum atomic E-state index is 13.4. The Morgan fingerprint density at radius 2 is 1.68 bits per heavy atom. The van der Waals surface area contributed by atoms with Crippen LogP contribution in [0, 0.1) is 0 Å². The second kappa shape index (κ2) is 12.3. The van der Waals surface area contributed by atoms with Crippen LogP contribution in [0.25, 0.3) is 0 Å². The second-order valence-electron chi connectivity index (χ2n) is 9.96. The van der Waals surface area contributed by atoms with E-state index >= 15 is 0 Å². The lowest BCUT2D eigenvalue weighted by Crippen LogP contribution is -2.42. The number of hydrogen-bond donors (Lipinski definition) is 2. The summed E-state index contributed by atoms with van der Waals surface area (Å²) in [7, 11) is 0. The molecule has 9 heteroatoms. The van der Waals surface area contributed by atoms with Gasteiger partial charge < -0.3 is 10.6 Å². The van der Waals surface area contributed by atoms with Gasteiger partial charge >= 0.3 is 0 Å². The molecule has 8 nitrogen and oxygen atoms in total. The Morgan fingerprint density at radius 1 is 0.950 bits per heavy atom. The van der Waals surface area contributed by atoms with E-state index in [1.165, 1.54) is 22.2 Å². The fourth-order valence-corrected chi connectivity index (χ4v) is 5.35. The van der Waals surface area contributed by atoms with E-state index in [2.05, 4.69) is 34.5 Å². The minimum Gasteiger partial charge on any atom is -0.356 e. The third kappa shape index (κ3) is 6.31. The van der Waals surface area contributed by atoms with Crippen molar-refractivity contribution in [3.63, 3.8) is 0 Å². The normalized spacial score (nSPS) is 15.7. The Balaban J connectivity index is 1.23. The zero-order valence-corrected chi connectivity index (χ0v) is 23.3. The molecule has 0 saturated heterocycles. The van der Waals surface area contributed by atoms with Crippen LogP contribution in [0.5, 0.6) is 0 Å². The number of carbonyl (C=O) groups excluding carboxylic acids is 3. The molecule has 0 aliphatic carbocycles. The molecule has 1 atom stereocenters. The monoisotopic (exact) mass is 553 g/mol. The van der Waals surface area contributed by atoms with Crippen LogP contribution in [0.15, 0.2) is 88.8 Å². The highest BCUT2D eigenvalue weighted by molar-refractivity contribution is 8.14. The molecule has 0 aromatic heterocycles. The Bertz CT molecular complexity index is 1470. The van der Waals surface area contributed by atoms with Gasteiger partial charge in [-0.3, -0.25) is 19.4 Å². The molecular formula is C31H31N5O3S. The molecule has 3 aromatic carbocycles. The van der Waals surface area contributed by atoms with Gasteiger partial charge in [0.15, 0.2) is 5.17 Å². The number of anilines is 1. The maximum Gasteiger partial charge on any atom is 0.259 e. The third-order valence-corrected chi connectivity index (χ3v) is 7.64. The first-order valence-corrected chi connectivity index (χ1v) is 14.3. The van der Waals surface area contributed by atoms with Gasteiger partial charge in [0, 0.05) is 17.8 Å². The summed E-state index contributed by atoms with van der Waals surface area (Å²) in [5.41, 5.74) is 4.43. The summed E-state index contributed by atoms with van der Waals surface area (Å²) in [6, 6.07) is 24.2. The molecule has 0 spiro atoms. The van der Waals surface area contributed by atoms with Gasteiger partial charge in [-0.1, -0.05) is 80.2 Å². The molecule has 3 aromatic rings. The van der Waals surface area contributed by atoms with E-state index in [1.807, 2.05) is 78.9 Å². The fourth-order valence-electron chi connectivity index (χ4n) is 4.55. The van der Waals surface area contributed by atoms with Crippen molar-refractivity contribution >= 4 is 51.9 Å². The Labute approximate surface area is 238 Å². The van der Waals surface area contributed by atoms with Crippen LogP contribution in [0.3, 0.4) is 0 Å². The molecule has 3 amide bonds. The topological polar surface area (TPSA) is 103 Å². The molecule has 0 fully saturated rings. The average Bonchev–Trinajstić information content (AvgIpc) is 3.28. The quantitative estimate of drug-likeness (QED) is 0.394. The van der Waals surface area contributed by atoms with Gasteiger partial charge in [-0.05, 0) is 47.7 Å². The summed E-state index contributed by atoms with van der Waals surface area (Å²) in [6.45, 7) is 4.71. The smallest absolute Gasteiger partial charge is 0.259 e. The molecule has 40 heavy (non-hydrogen) atoms. The SMILES string of the molecule is CC(C)c1ccc(NC(=O)CSC2=Nc3ccccc3C3=N[C@@H](CC(=O)NCCc4ccccc4)C(=O)N23)cc1. The van der Waals surface area contributed by atoms with Gasteiger partial charge in [0.05, 0.1) is 17.9 Å². The van der Waals surface area contributed by atoms with Crippen molar-refractivity contribution in [2.75, 3.05) is 17.6 Å². The fraction of sp³-hybridized carbons (Fsp3) is 0.258. The van der Waals surface area contributed by atoms with Crippen LogP contribution >= 0.6 is 11.8 Å². The van der Waals surface area contributed by atoms with Crippen molar-refractivity contribution in [3.8, 4) is 0 Å². The van der Waals surface area contributed by atoms with Crippen molar-refractivity contribution in [2.24, 2.45) is 9.98 Å². The van der Waals surface area contributed by atoms with Crippen molar-refractivity contribution < 1.29 is 14.4 Å². The first-order chi connectivity index (χ1) is 19.4. The molecule has 0 saturated carbocycles.